The number of hydrogen-bond donors (Lipinski definition) is 1. The number of carbonyl (C=O) groups excluding carboxylic acids is 1. The number of para-hydroxylation sites is 1. The molecule has 1 amide bonds. The maximum atomic E-state index is 13.0. The second kappa shape index (κ2) is 11.0. The highest BCUT2D eigenvalue weighted by atomic mass is 35.5. The summed E-state index contributed by atoms with van der Waals surface area (Å²) in [7, 11) is 1.49. The summed E-state index contributed by atoms with van der Waals surface area (Å²) in [5, 5.41) is 6.79. The molecule has 0 heterocycles. The Morgan fingerprint density at radius 3 is 2.58 bits per heavy atom. The van der Waals surface area contributed by atoms with Crippen LogP contribution in [-0.4, -0.2) is 25.8 Å². The van der Waals surface area contributed by atoms with Crippen LogP contribution in [0.1, 0.15) is 11.1 Å². The van der Waals surface area contributed by atoms with Crippen LogP contribution in [0, 0.1) is 5.82 Å². The molecule has 31 heavy (non-hydrogen) atoms. The number of halogens is 2. The first-order valence-electron chi connectivity index (χ1n) is 9.30. The Morgan fingerprint density at radius 2 is 1.87 bits per heavy atom. The normalized spacial score (nSPS) is 10.7. The van der Waals surface area contributed by atoms with E-state index in [1.165, 1.54) is 25.5 Å². The molecule has 0 atom stereocenters. The number of amides is 1. The minimum atomic E-state index is -0.330. The molecule has 0 spiro atoms. The van der Waals surface area contributed by atoms with Gasteiger partial charge in [0, 0.05) is 11.3 Å². The number of nitrogens with one attached hydrogen (secondary N) is 1. The molecular formula is C23H20ClFN2O4. The predicted octanol–water partition coefficient (Wildman–Crippen LogP) is 5.06. The highest BCUT2D eigenvalue weighted by molar-refractivity contribution is 6.32. The van der Waals surface area contributed by atoms with E-state index in [1.807, 2.05) is 18.2 Å². The number of hydrogen-bond acceptors (Lipinski definition) is 5. The Labute approximate surface area is 184 Å². The molecule has 3 rings (SSSR count). The van der Waals surface area contributed by atoms with Gasteiger partial charge in [-0.3, -0.25) is 4.79 Å². The van der Waals surface area contributed by atoms with E-state index < -0.39 is 0 Å². The number of rotatable bonds is 9. The number of oxime groups is 1. The van der Waals surface area contributed by atoms with Crippen LogP contribution < -0.4 is 14.8 Å². The molecule has 3 aromatic carbocycles. The van der Waals surface area contributed by atoms with Crippen molar-refractivity contribution >= 4 is 29.4 Å². The largest absolute Gasteiger partial charge is 0.493 e. The monoisotopic (exact) mass is 442 g/mol. The molecule has 8 heteroatoms. The fourth-order valence-electron chi connectivity index (χ4n) is 2.60. The van der Waals surface area contributed by atoms with E-state index in [-0.39, 0.29) is 24.9 Å². The zero-order valence-corrected chi connectivity index (χ0v) is 17.4. The molecule has 0 aliphatic heterocycles. The number of anilines is 1. The first-order chi connectivity index (χ1) is 15.0. The first kappa shape index (κ1) is 22.1. The van der Waals surface area contributed by atoms with Gasteiger partial charge in [0.15, 0.2) is 18.1 Å². The fourth-order valence-corrected chi connectivity index (χ4v) is 2.88. The van der Waals surface area contributed by atoms with Crippen LogP contribution >= 0.6 is 11.6 Å². The summed E-state index contributed by atoms with van der Waals surface area (Å²) in [4.78, 5) is 16.9. The molecular weight excluding hydrogens is 423 g/mol. The lowest BCUT2D eigenvalue weighted by Crippen LogP contribution is -2.16. The van der Waals surface area contributed by atoms with Crippen molar-refractivity contribution in [1.29, 1.82) is 0 Å². The Kier molecular flexibility index (Phi) is 7.84. The number of carbonyl (C=O) groups is 1. The van der Waals surface area contributed by atoms with Crippen molar-refractivity contribution in [3.05, 3.63) is 88.7 Å². The van der Waals surface area contributed by atoms with E-state index >= 15 is 0 Å². The van der Waals surface area contributed by atoms with E-state index in [1.54, 1.807) is 36.4 Å². The van der Waals surface area contributed by atoms with Gasteiger partial charge in [0.25, 0.3) is 5.91 Å². The van der Waals surface area contributed by atoms with E-state index in [2.05, 4.69) is 10.5 Å². The third-order valence-electron chi connectivity index (χ3n) is 4.08. The minimum absolute atomic E-state index is 0.198. The van der Waals surface area contributed by atoms with Crippen molar-refractivity contribution in [2.75, 3.05) is 19.0 Å². The number of nitrogens with zero attached hydrogens (tertiary/aromatic N) is 1. The van der Waals surface area contributed by atoms with Gasteiger partial charge in [-0.1, -0.05) is 47.1 Å². The molecule has 0 aliphatic rings. The van der Waals surface area contributed by atoms with E-state index in [4.69, 9.17) is 25.9 Å². The predicted molar refractivity (Wildman–Crippen MR) is 117 cm³/mol. The lowest BCUT2D eigenvalue weighted by molar-refractivity contribution is -0.120. The topological polar surface area (TPSA) is 69.2 Å². The quantitative estimate of drug-likeness (QED) is 0.371. The van der Waals surface area contributed by atoms with Gasteiger partial charge < -0.3 is 19.6 Å². The molecule has 1 N–H and O–H groups in total. The lowest BCUT2D eigenvalue weighted by Gasteiger charge is -2.13. The minimum Gasteiger partial charge on any atom is -0.493 e. The second-order valence-corrected chi connectivity index (χ2v) is 6.78. The molecule has 3 aromatic rings. The van der Waals surface area contributed by atoms with Crippen molar-refractivity contribution in [2.45, 2.75) is 6.61 Å². The SMILES string of the molecule is COc1cc(/C=N/OCC(=O)Nc2ccccc2)cc(Cl)c1OCc1ccc(F)cc1. The highest BCUT2D eigenvalue weighted by Crippen LogP contribution is 2.36. The summed E-state index contributed by atoms with van der Waals surface area (Å²) in [5.41, 5.74) is 2.06. The molecule has 0 unspecified atom stereocenters. The Morgan fingerprint density at radius 1 is 1.13 bits per heavy atom. The van der Waals surface area contributed by atoms with Crippen molar-refractivity contribution in [1.82, 2.24) is 0 Å². The number of methoxy groups -OCH3 is 1. The van der Waals surface area contributed by atoms with Gasteiger partial charge in [0.1, 0.15) is 12.4 Å². The van der Waals surface area contributed by atoms with Gasteiger partial charge in [-0.25, -0.2) is 4.39 Å². The molecule has 160 valence electrons. The maximum absolute atomic E-state index is 13.0. The third kappa shape index (κ3) is 6.72. The van der Waals surface area contributed by atoms with Gasteiger partial charge in [0.2, 0.25) is 0 Å². The number of ether oxygens (including phenoxy) is 2. The summed E-state index contributed by atoms with van der Waals surface area (Å²) >= 11 is 6.33. The van der Waals surface area contributed by atoms with Gasteiger partial charge in [-0.05, 0) is 42.0 Å². The smallest absolute Gasteiger partial charge is 0.265 e. The van der Waals surface area contributed by atoms with Crippen molar-refractivity contribution in [3.63, 3.8) is 0 Å². The second-order valence-electron chi connectivity index (χ2n) is 6.37. The summed E-state index contributed by atoms with van der Waals surface area (Å²) in [6.45, 7) is -0.0431. The molecule has 0 aromatic heterocycles. The van der Waals surface area contributed by atoms with Crippen molar-refractivity contribution in [2.24, 2.45) is 5.16 Å². The average molecular weight is 443 g/mol. The lowest BCUT2D eigenvalue weighted by atomic mass is 10.2. The zero-order valence-electron chi connectivity index (χ0n) is 16.7. The maximum Gasteiger partial charge on any atom is 0.265 e. The molecule has 0 aliphatic carbocycles. The Bertz CT molecular complexity index is 1040. The van der Waals surface area contributed by atoms with Crippen LogP contribution in [0.25, 0.3) is 0 Å². The molecule has 0 saturated heterocycles. The Hall–Kier alpha value is -3.58. The molecule has 0 radical (unpaired) electrons. The summed E-state index contributed by atoms with van der Waals surface area (Å²) in [5.74, 6) is 0.109. The number of benzene rings is 3. The van der Waals surface area contributed by atoms with Crippen molar-refractivity contribution in [3.8, 4) is 11.5 Å². The highest BCUT2D eigenvalue weighted by Gasteiger charge is 2.12. The van der Waals surface area contributed by atoms with Crippen LogP contribution in [-0.2, 0) is 16.2 Å². The van der Waals surface area contributed by atoms with Gasteiger partial charge in [-0.15, -0.1) is 0 Å². The molecule has 6 nitrogen and oxygen atoms in total. The summed E-state index contributed by atoms with van der Waals surface area (Å²) in [6.07, 6.45) is 1.41. The van der Waals surface area contributed by atoms with E-state index in [0.29, 0.717) is 27.8 Å². The average Bonchev–Trinajstić information content (AvgIpc) is 2.77. The third-order valence-corrected chi connectivity index (χ3v) is 4.36. The van der Waals surface area contributed by atoms with Crippen LogP contribution in [0.5, 0.6) is 11.5 Å². The van der Waals surface area contributed by atoms with Gasteiger partial charge >= 0.3 is 0 Å². The molecule has 0 saturated carbocycles. The van der Waals surface area contributed by atoms with Crippen molar-refractivity contribution < 1.29 is 23.5 Å². The molecule has 0 bridgehead atoms. The van der Waals surface area contributed by atoms with Crippen LogP contribution in [0.15, 0.2) is 71.9 Å². The van der Waals surface area contributed by atoms with E-state index in [0.717, 1.165) is 5.56 Å². The van der Waals surface area contributed by atoms with Crippen LogP contribution in [0.3, 0.4) is 0 Å². The van der Waals surface area contributed by atoms with Crippen LogP contribution in [0.4, 0.5) is 10.1 Å². The van der Waals surface area contributed by atoms with E-state index in [9.17, 15) is 9.18 Å². The van der Waals surface area contributed by atoms with Gasteiger partial charge in [0.05, 0.1) is 18.3 Å². The van der Waals surface area contributed by atoms with Gasteiger partial charge in [-0.2, -0.15) is 0 Å². The Balaban J connectivity index is 1.57. The van der Waals surface area contributed by atoms with Crippen LogP contribution in [0.2, 0.25) is 5.02 Å². The fraction of sp³-hybridized carbons (Fsp3) is 0.130. The summed E-state index contributed by atoms with van der Waals surface area (Å²) < 4.78 is 24.1. The molecule has 0 fully saturated rings. The standard InChI is InChI=1S/C23H20ClFN2O4/c1-29-21-12-17(13-26-31-15-22(28)27-19-5-3-2-4-6-19)11-20(24)23(21)30-14-16-7-9-18(25)10-8-16/h2-13H,14-15H2,1H3,(H,27,28)/b26-13+. The first-order valence-corrected chi connectivity index (χ1v) is 9.68. The zero-order chi connectivity index (χ0) is 22.1. The summed E-state index contributed by atoms with van der Waals surface area (Å²) in [6, 6.07) is 18.3.